The molecule has 0 atom stereocenters. The van der Waals surface area contributed by atoms with Gasteiger partial charge >= 0.3 is 0 Å². The second kappa shape index (κ2) is 4.07. The molecule has 4 nitrogen and oxygen atoms in total. The van der Waals surface area contributed by atoms with Gasteiger partial charge < -0.3 is 10.3 Å². The summed E-state index contributed by atoms with van der Waals surface area (Å²) in [5, 5.41) is 0. The number of primary amides is 1. The first-order valence-corrected chi connectivity index (χ1v) is 4.44. The van der Waals surface area contributed by atoms with Crippen molar-refractivity contribution in [2.75, 3.05) is 0 Å². The fourth-order valence-electron chi connectivity index (χ4n) is 1.30. The molecule has 1 aromatic rings. The summed E-state index contributed by atoms with van der Waals surface area (Å²) in [6.07, 6.45) is 3.21. The van der Waals surface area contributed by atoms with Gasteiger partial charge in [-0.05, 0) is 6.92 Å². The molecule has 0 saturated carbocycles. The van der Waals surface area contributed by atoms with Crippen LogP contribution in [0.1, 0.15) is 24.9 Å². The third-order valence-corrected chi connectivity index (χ3v) is 1.89. The Morgan fingerprint density at radius 2 is 2.38 bits per heavy atom. The van der Waals surface area contributed by atoms with Crippen molar-refractivity contribution >= 4 is 5.91 Å². The summed E-state index contributed by atoms with van der Waals surface area (Å²) in [6.45, 7) is 4.63. The van der Waals surface area contributed by atoms with E-state index in [1.165, 1.54) is 0 Å². The molecule has 4 heteroatoms. The summed E-state index contributed by atoms with van der Waals surface area (Å²) >= 11 is 0. The zero-order valence-electron chi connectivity index (χ0n) is 8.08. The van der Waals surface area contributed by atoms with E-state index in [9.17, 15) is 4.79 Å². The first-order chi connectivity index (χ1) is 6.13. The van der Waals surface area contributed by atoms with E-state index in [0.29, 0.717) is 13.0 Å². The number of carbonyl (C=O) groups excluding carboxylic acids is 1. The average molecular weight is 181 g/mol. The fourth-order valence-corrected chi connectivity index (χ4v) is 1.30. The highest BCUT2D eigenvalue weighted by Crippen LogP contribution is 2.04. The summed E-state index contributed by atoms with van der Waals surface area (Å²) in [7, 11) is 0. The molecule has 0 bridgehead atoms. The van der Waals surface area contributed by atoms with Crippen LogP contribution in [0.3, 0.4) is 0 Å². The van der Waals surface area contributed by atoms with Gasteiger partial charge in [0.15, 0.2) is 0 Å². The summed E-state index contributed by atoms with van der Waals surface area (Å²) in [4.78, 5) is 14.9. The summed E-state index contributed by atoms with van der Waals surface area (Å²) in [6, 6.07) is 0. The monoisotopic (exact) mass is 181 g/mol. The van der Waals surface area contributed by atoms with Crippen molar-refractivity contribution < 1.29 is 4.79 Å². The Morgan fingerprint density at radius 3 is 2.92 bits per heavy atom. The minimum Gasteiger partial charge on any atom is -0.370 e. The summed E-state index contributed by atoms with van der Waals surface area (Å²) in [5.41, 5.74) is 6.05. The van der Waals surface area contributed by atoms with E-state index >= 15 is 0 Å². The lowest BCUT2D eigenvalue weighted by molar-refractivity contribution is -0.118. The highest BCUT2D eigenvalue weighted by molar-refractivity contribution is 5.73. The Hall–Kier alpha value is -1.32. The number of aromatic nitrogens is 2. The molecule has 0 saturated heterocycles. The number of nitrogens with two attached hydrogens (primary N) is 1. The van der Waals surface area contributed by atoms with Crippen molar-refractivity contribution in [3.63, 3.8) is 0 Å². The number of rotatable bonds is 4. The maximum absolute atomic E-state index is 10.6. The molecule has 0 radical (unpaired) electrons. The number of hydrogen-bond acceptors (Lipinski definition) is 2. The third kappa shape index (κ3) is 2.57. The topological polar surface area (TPSA) is 60.9 Å². The first kappa shape index (κ1) is 9.77. The molecule has 2 N–H and O–H groups in total. The maximum Gasteiger partial charge on any atom is 0.219 e. The van der Waals surface area contributed by atoms with Crippen molar-refractivity contribution in [1.29, 1.82) is 0 Å². The normalized spacial score (nSPS) is 10.3. The molecule has 0 aromatic carbocycles. The maximum atomic E-state index is 10.6. The smallest absolute Gasteiger partial charge is 0.219 e. The van der Waals surface area contributed by atoms with Gasteiger partial charge in [-0.2, -0.15) is 0 Å². The molecule has 1 heterocycles. The van der Waals surface area contributed by atoms with Crippen LogP contribution >= 0.6 is 0 Å². The molecule has 0 fully saturated rings. The van der Waals surface area contributed by atoms with Crippen LogP contribution in [0.4, 0.5) is 0 Å². The van der Waals surface area contributed by atoms with Crippen molar-refractivity contribution in [2.24, 2.45) is 5.73 Å². The summed E-state index contributed by atoms with van der Waals surface area (Å²) < 4.78 is 1.99. The molecule has 13 heavy (non-hydrogen) atoms. The average Bonchev–Trinajstić information content (AvgIpc) is 2.42. The predicted octanol–water partition coefficient (Wildman–Crippen LogP) is 0.629. The second-order valence-corrected chi connectivity index (χ2v) is 3.06. The van der Waals surface area contributed by atoms with Crippen LogP contribution in [0.2, 0.25) is 0 Å². The van der Waals surface area contributed by atoms with E-state index in [2.05, 4.69) is 4.98 Å². The van der Waals surface area contributed by atoms with Gasteiger partial charge in [0.25, 0.3) is 0 Å². The lowest BCUT2D eigenvalue weighted by atomic mass is 10.4. The second-order valence-electron chi connectivity index (χ2n) is 3.06. The summed E-state index contributed by atoms with van der Waals surface area (Å²) in [5.74, 6) is 0.743. The highest BCUT2D eigenvalue weighted by Gasteiger charge is 2.03. The molecule has 1 rings (SSSR count). The van der Waals surface area contributed by atoms with Crippen LogP contribution in [0, 0.1) is 6.92 Å². The Labute approximate surface area is 77.8 Å². The van der Waals surface area contributed by atoms with Crippen molar-refractivity contribution in [2.45, 2.75) is 33.2 Å². The van der Waals surface area contributed by atoms with Gasteiger partial charge in [0.1, 0.15) is 5.82 Å². The number of hydrogen-bond donors (Lipinski definition) is 1. The SMILES string of the molecule is CCc1nc(C)cn1CCC(N)=O. The van der Waals surface area contributed by atoms with Crippen molar-refractivity contribution in [3.8, 4) is 0 Å². The number of imidazole rings is 1. The van der Waals surface area contributed by atoms with Crippen LogP contribution in [-0.4, -0.2) is 15.5 Å². The molecule has 0 aliphatic rings. The number of aryl methyl sites for hydroxylation is 3. The predicted molar refractivity (Wildman–Crippen MR) is 50.2 cm³/mol. The third-order valence-electron chi connectivity index (χ3n) is 1.89. The minimum atomic E-state index is -0.270. The van der Waals surface area contributed by atoms with Crippen LogP contribution < -0.4 is 5.73 Å². The van der Waals surface area contributed by atoms with Crippen LogP contribution in [0.5, 0.6) is 0 Å². The molecular weight excluding hydrogens is 166 g/mol. The molecule has 1 amide bonds. The molecule has 1 aromatic heterocycles. The van der Waals surface area contributed by atoms with Crippen molar-refractivity contribution in [3.05, 3.63) is 17.7 Å². The molecule has 0 spiro atoms. The van der Waals surface area contributed by atoms with Gasteiger partial charge in [0.05, 0.1) is 5.69 Å². The molecule has 0 aliphatic carbocycles. The number of nitrogens with zero attached hydrogens (tertiary/aromatic N) is 2. The Morgan fingerprint density at radius 1 is 1.69 bits per heavy atom. The largest absolute Gasteiger partial charge is 0.370 e. The van der Waals surface area contributed by atoms with E-state index in [1.54, 1.807) is 0 Å². The Balaban J connectivity index is 2.69. The quantitative estimate of drug-likeness (QED) is 0.740. The van der Waals surface area contributed by atoms with Gasteiger partial charge in [0, 0.05) is 25.6 Å². The number of carbonyl (C=O) groups is 1. The van der Waals surface area contributed by atoms with Crippen LogP contribution in [0.25, 0.3) is 0 Å². The van der Waals surface area contributed by atoms with Gasteiger partial charge in [-0.1, -0.05) is 6.92 Å². The van der Waals surface area contributed by atoms with Crippen molar-refractivity contribution in [1.82, 2.24) is 9.55 Å². The molecule has 0 unspecified atom stereocenters. The minimum absolute atomic E-state index is 0.270. The van der Waals surface area contributed by atoms with E-state index < -0.39 is 0 Å². The Bertz CT molecular complexity index is 304. The van der Waals surface area contributed by atoms with Gasteiger partial charge in [-0.15, -0.1) is 0 Å². The zero-order valence-corrected chi connectivity index (χ0v) is 8.08. The lowest BCUT2D eigenvalue weighted by Crippen LogP contribution is -2.14. The Kier molecular flexibility index (Phi) is 3.06. The zero-order chi connectivity index (χ0) is 9.84. The molecule has 72 valence electrons. The van der Waals surface area contributed by atoms with Gasteiger partial charge in [0.2, 0.25) is 5.91 Å². The van der Waals surface area contributed by atoms with E-state index in [-0.39, 0.29) is 5.91 Å². The highest BCUT2D eigenvalue weighted by atomic mass is 16.1. The molecular formula is C9H15N3O. The van der Waals surface area contributed by atoms with E-state index in [1.807, 2.05) is 24.6 Å². The van der Waals surface area contributed by atoms with E-state index in [0.717, 1.165) is 17.9 Å². The standard InChI is InChI=1S/C9H15N3O/c1-3-9-11-7(2)6-12(9)5-4-8(10)13/h6H,3-5H2,1-2H3,(H2,10,13). The fraction of sp³-hybridized carbons (Fsp3) is 0.556. The first-order valence-electron chi connectivity index (χ1n) is 4.44. The van der Waals surface area contributed by atoms with E-state index in [4.69, 9.17) is 5.73 Å². The molecule has 0 aliphatic heterocycles. The van der Waals surface area contributed by atoms with Crippen LogP contribution in [0.15, 0.2) is 6.20 Å². The van der Waals surface area contributed by atoms with Crippen LogP contribution in [-0.2, 0) is 17.8 Å². The van der Waals surface area contributed by atoms with Gasteiger partial charge in [-0.3, -0.25) is 4.79 Å². The lowest BCUT2D eigenvalue weighted by Gasteiger charge is -2.03. The number of amides is 1. The van der Waals surface area contributed by atoms with Gasteiger partial charge in [-0.25, -0.2) is 4.98 Å².